The Bertz CT molecular complexity index is 422. The molecule has 0 aromatic rings. The van der Waals surface area contributed by atoms with Crippen LogP contribution in [0.15, 0.2) is 0 Å². The molecule has 0 aromatic carbocycles. The molecule has 0 saturated heterocycles. The van der Waals surface area contributed by atoms with Gasteiger partial charge in [-0.15, -0.1) is 0 Å². The lowest BCUT2D eigenvalue weighted by Gasteiger charge is -2.98. The van der Waals surface area contributed by atoms with E-state index in [1.54, 1.807) is 0 Å². The summed E-state index contributed by atoms with van der Waals surface area (Å²) in [6.07, 6.45) is 1.52. The van der Waals surface area contributed by atoms with E-state index >= 15 is 0 Å². The Morgan fingerprint density at radius 2 is 1.41 bits per heavy atom. The van der Waals surface area contributed by atoms with E-state index in [0.29, 0.717) is 21.7 Å². The molecule has 17 heavy (non-hydrogen) atoms. The zero-order valence-electron chi connectivity index (χ0n) is 12.6. The van der Waals surface area contributed by atoms with Crippen molar-refractivity contribution in [3.63, 3.8) is 0 Å². The second-order valence-electron chi connectivity index (χ2n) is 8.99. The van der Waals surface area contributed by atoms with Gasteiger partial charge < -0.3 is 0 Å². The van der Waals surface area contributed by atoms with Gasteiger partial charge in [0.05, 0.1) is 0 Å². The highest BCUT2D eigenvalue weighted by Gasteiger charge is 2.93. The van der Waals surface area contributed by atoms with Gasteiger partial charge >= 0.3 is 0 Å². The topological polar surface area (TPSA) is 0 Å². The SMILES string of the molecule is CC1[C@@H]2[C@@H]3[C@@H]4CC(C)[C@]4(C)[C@]3(C)[C@]2(C)C1(C)C. The van der Waals surface area contributed by atoms with Gasteiger partial charge in [-0.1, -0.05) is 48.5 Å². The minimum atomic E-state index is 0.562. The quantitative estimate of drug-likeness (QED) is 0.573. The summed E-state index contributed by atoms with van der Waals surface area (Å²) in [5, 5.41) is 0. The average Bonchev–Trinajstić information content (AvgIpc) is 2.29. The van der Waals surface area contributed by atoms with Crippen LogP contribution in [-0.2, 0) is 0 Å². The van der Waals surface area contributed by atoms with Crippen molar-refractivity contribution in [1.29, 1.82) is 0 Å². The van der Waals surface area contributed by atoms with Crippen LogP contribution in [0.5, 0.6) is 0 Å². The molecule has 4 aliphatic rings. The molecule has 4 fully saturated rings. The summed E-state index contributed by atoms with van der Waals surface area (Å²) in [5.41, 5.74) is 2.53. The molecular formula is C17H28. The van der Waals surface area contributed by atoms with Crippen LogP contribution >= 0.6 is 0 Å². The Morgan fingerprint density at radius 1 is 0.824 bits per heavy atom. The molecule has 4 rings (SSSR count). The highest BCUT2D eigenvalue weighted by Crippen LogP contribution is 2.98. The van der Waals surface area contributed by atoms with E-state index in [0.717, 1.165) is 29.6 Å². The van der Waals surface area contributed by atoms with Gasteiger partial charge in [-0.3, -0.25) is 0 Å². The Morgan fingerprint density at radius 3 is 1.94 bits per heavy atom. The molecule has 0 bridgehead atoms. The molecule has 8 atom stereocenters. The minimum Gasteiger partial charge on any atom is -0.0619 e. The molecular weight excluding hydrogens is 204 g/mol. The summed E-state index contributed by atoms with van der Waals surface area (Å²) in [4.78, 5) is 0. The minimum absolute atomic E-state index is 0.562. The third-order valence-corrected chi connectivity index (χ3v) is 9.77. The zero-order valence-corrected chi connectivity index (χ0v) is 12.6. The first kappa shape index (κ1) is 10.9. The van der Waals surface area contributed by atoms with Gasteiger partial charge in [0.25, 0.3) is 0 Å². The predicted octanol–water partition coefficient (Wildman–Crippen LogP) is 4.60. The highest BCUT2D eigenvalue weighted by molar-refractivity contribution is 5.40. The van der Waals surface area contributed by atoms with E-state index in [2.05, 4.69) is 48.5 Å². The average molecular weight is 232 g/mol. The molecule has 0 radical (unpaired) electrons. The van der Waals surface area contributed by atoms with E-state index in [9.17, 15) is 0 Å². The van der Waals surface area contributed by atoms with Crippen molar-refractivity contribution in [1.82, 2.24) is 0 Å². The van der Waals surface area contributed by atoms with Crippen LogP contribution in [0.25, 0.3) is 0 Å². The molecule has 4 saturated carbocycles. The van der Waals surface area contributed by atoms with Crippen LogP contribution < -0.4 is 0 Å². The summed E-state index contributed by atoms with van der Waals surface area (Å²) in [5.74, 6) is 5.13. The zero-order chi connectivity index (χ0) is 12.6. The first-order valence-electron chi connectivity index (χ1n) is 7.66. The fourth-order valence-electron chi connectivity index (χ4n) is 8.02. The molecule has 0 N–H and O–H groups in total. The number of hydrogen-bond donors (Lipinski definition) is 0. The molecule has 0 nitrogen and oxygen atoms in total. The monoisotopic (exact) mass is 232 g/mol. The summed E-state index contributed by atoms with van der Waals surface area (Å²) >= 11 is 0. The molecule has 0 amide bonds. The lowest BCUT2D eigenvalue weighted by molar-refractivity contribution is -0.510. The lowest BCUT2D eigenvalue weighted by atomic mass is 9.06. The van der Waals surface area contributed by atoms with Crippen LogP contribution in [0.2, 0.25) is 0 Å². The maximum Gasteiger partial charge on any atom is -0.0171 e. The number of hydrogen-bond acceptors (Lipinski definition) is 0. The van der Waals surface area contributed by atoms with Crippen molar-refractivity contribution in [3.8, 4) is 0 Å². The molecule has 4 aliphatic carbocycles. The second kappa shape index (κ2) is 2.25. The van der Waals surface area contributed by atoms with Gasteiger partial charge in [0.1, 0.15) is 0 Å². The Hall–Kier alpha value is 0. The molecule has 0 heterocycles. The smallest absolute Gasteiger partial charge is 0.0171 e. The molecule has 0 aromatic heterocycles. The van der Waals surface area contributed by atoms with Crippen LogP contribution in [-0.4, -0.2) is 0 Å². The fraction of sp³-hybridized carbons (Fsp3) is 1.00. The summed E-state index contributed by atoms with van der Waals surface area (Å²) in [6.45, 7) is 18.0. The van der Waals surface area contributed by atoms with Gasteiger partial charge in [0, 0.05) is 0 Å². The van der Waals surface area contributed by atoms with E-state index in [-0.39, 0.29) is 0 Å². The van der Waals surface area contributed by atoms with Crippen molar-refractivity contribution >= 4 is 0 Å². The molecule has 96 valence electrons. The van der Waals surface area contributed by atoms with Crippen molar-refractivity contribution in [2.75, 3.05) is 0 Å². The van der Waals surface area contributed by atoms with Gasteiger partial charge in [0.15, 0.2) is 0 Å². The highest BCUT2D eigenvalue weighted by atomic mass is 15.0. The maximum absolute atomic E-state index is 2.65. The van der Waals surface area contributed by atoms with Crippen LogP contribution in [0.4, 0.5) is 0 Å². The Balaban J connectivity index is 1.82. The number of fused-ring (bicyclic) bond motifs is 7. The summed E-state index contributed by atoms with van der Waals surface area (Å²) < 4.78 is 0. The number of rotatable bonds is 0. The van der Waals surface area contributed by atoms with Gasteiger partial charge in [0.2, 0.25) is 0 Å². The van der Waals surface area contributed by atoms with Crippen LogP contribution in [0.1, 0.15) is 54.9 Å². The Labute approximate surface area is 107 Å². The van der Waals surface area contributed by atoms with Crippen LogP contribution in [0, 0.1) is 51.2 Å². The largest absolute Gasteiger partial charge is 0.0619 e. The Kier molecular flexibility index (Phi) is 1.44. The normalized spacial score (nSPS) is 73.9. The lowest BCUT2D eigenvalue weighted by Crippen LogP contribution is -2.94. The van der Waals surface area contributed by atoms with Crippen molar-refractivity contribution in [2.45, 2.75) is 54.9 Å². The molecule has 0 aliphatic heterocycles. The first-order chi connectivity index (χ1) is 7.66. The maximum atomic E-state index is 2.65. The predicted molar refractivity (Wildman–Crippen MR) is 71.5 cm³/mol. The van der Waals surface area contributed by atoms with Crippen molar-refractivity contribution < 1.29 is 0 Å². The fourth-order valence-corrected chi connectivity index (χ4v) is 8.02. The standard InChI is InChI=1S/C17H28/c1-9-8-11-13-12-10(2)14(3,4)16(12,6)17(13,7)15(9,11)5/h9-13H,8H2,1-7H3/t9?,10?,11-,12+,13-,15-,16-,17+/m0/s1. The molecule has 0 heteroatoms. The van der Waals surface area contributed by atoms with Gasteiger partial charge in [-0.05, 0) is 57.7 Å². The van der Waals surface area contributed by atoms with Crippen LogP contribution in [0.3, 0.4) is 0 Å². The molecule has 2 unspecified atom stereocenters. The van der Waals surface area contributed by atoms with E-state index in [1.807, 2.05) is 0 Å². The summed E-state index contributed by atoms with van der Waals surface area (Å²) in [6, 6.07) is 0. The van der Waals surface area contributed by atoms with E-state index < -0.39 is 0 Å². The van der Waals surface area contributed by atoms with Crippen molar-refractivity contribution in [2.24, 2.45) is 51.2 Å². The summed E-state index contributed by atoms with van der Waals surface area (Å²) in [7, 11) is 0. The first-order valence-corrected chi connectivity index (χ1v) is 7.66. The molecule has 0 spiro atoms. The van der Waals surface area contributed by atoms with E-state index in [4.69, 9.17) is 0 Å². The van der Waals surface area contributed by atoms with Crippen molar-refractivity contribution in [3.05, 3.63) is 0 Å². The van der Waals surface area contributed by atoms with E-state index in [1.165, 1.54) is 6.42 Å². The third kappa shape index (κ3) is 0.588. The second-order valence-corrected chi connectivity index (χ2v) is 8.99. The van der Waals surface area contributed by atoms with Gasteiger partial charge in [-0.25, -0.2) is 0 Å². The third-order valence-electron chi connectivity index (χ3n) is 9.77. The van der Waals surface area contributed by atoms with Gasteiger partial charge in [-0.2, -0.15) is 0 Å².